The summed E-state index contributed by atoms with van der Waals surface area (Å²) in [5, 5.41) is 9.32. The van der Waals surface area contributed by atoms with E-state index in [9.17, 15) is 18.7 Å². The average Bonchev–Trinajstić information content (AvgIpc) is 2.36. The maximum Gasteiger partial charge on any atom is 0.387 e. The molecule has 0 bridgehead atoms. The standard InChI is InChI=1S/C14H18F2O3/c1-3-9(4-2)12(13(17)18)10-5-7-11(8-6-10)19-14(15)16/h5-9,12,14H,3-4H2,1-2H3,(H,17,18). The van der Waals surface area contributed by atoms with E-state index in [0.717, 1.165) is 12.8 Å². The molecule has 0 amide bonds. The number of hydrogen-bond acceptors (Lipinski definition) is 2. The first-order valence-electron chi connectivity index (χ1n) is 6.27. The zero-order valence-corrected chi connectivity index (χ0v) is 11.0. The van der Waals surface area contributed by atoms with Gasteiger partial charge in [0.05, 0.1) is 5.92 Å². The molecule has 1 N–H and O–H groups in total. The zero-order chi connectivity index (χ0) is 14.4. The first-order chi connectivity index (χ1) is 8.99. The Bertz CT molecular complexity index is 400. The van der Waals surface area contributed by atoms with Gasteiger partial charge in [-0.3, -0.25) is 4.79 Å². The fourth-order valence-electron chi connectivity index (χ4n) is 2.23. The van der Waals surface area contributed by atoms with Crippen LogP contribution in [0.25, 0.3) is 0 Å². The predicted octanol–water partition coefficient (Wildman–Crippen LogP) is 3.89. The molecule has 1 atom stereocenters. The molecular weight excluding hydrogens is 254 g/mol. The summed E-state index contributed by atoms with van der Waals surface area (Å²) in [6.45, 7) is 1.01. The third kappa shape index (κ3) is 4.19. The minimum Gasteiger partial charge on any atom is -0.481 e. The van der Waals surface area contributed by atoms with E-state index in [4.69, 9.17) is 0 Å². The molecule has 0 aromatic heterocycles. The van der Waals surface area contributed by atoms with Gasteiger partial charge in [0, 0.05) is 0 Å². The smallest absolute Gasteiger partial charge is 0.387 e. The summed E-state index contributed by atoms with van der Waals surface area (Å²) in [4.78, 5) is 11.4. The van der Waals surface area contributed by atoms with Crippen LogP contribution in [-0.4, -0.2) is 17.7 Å². The van der Waals surface area contributed by atoms with Crippen molar-refractivity contribution < 1.29 is 23.4 Å². The van der Waals surface area contributed by atoms with Crippen LogP contribution >= 0.6 is 0 Å². The number of carbonyl (C=O) groups is 1. The number of carboxylic acids is 1. The van der Waals surface area contributed by atoms with Crippen LogP contribution in [0.2, 0.25) is 0 Å². The van der Waals surface area contributed by atoms with Crippen LogP contribution in [0.5, 0.6) is 5.75 Å². The van der Waals surface area contributed by atoms with Crippen molar-refractivity contribution in [3.05, 3.63) is 29.8 Å². The van der Waals surface area contributed by atoms with Crippen LogP contribution in [0.3, 0.4) is 0 Å². The summed E-state index contributed by atoms with van der Waals surface area (Å²) < 4.78 is 28.3. The lowest BCUT2D eigenvalue weighted by Crippen LogP contribution is -2.20. The highest BCUT2D eigenvalue weighted by Gasteiger charge is 2.27. The van der Waals surface area contributed by atoms with Crippen molar-refractivity contribution in [3.63, 3.8) is 0 Å². The van der Waals surface area contributed by atoms with Gasteiger partial charge in [0.15, 0.2) is 0 Å². The summed E-state index contributed by atoms with van der Waals surface area (Å²) in [5.41, 5.74) is 0.614. The highest BCUT2D eigenvalue weighted by Crippen LogP contribution is 2.31. The molecule has 0 aliphatic rings. The van der Waals surface area contributed by atoms with E-state index in [1.165, 1.54) is 24.3 Å². The second-order valence-electron chi connectivity index (χ2n) is 4.34. The van der Waals surface area contributed by atoms with Gasteiger partial charge in [-0.25, -0.2) is 0 Å². The minimum atomic E-state index is -2.87. The summed E-state index contributed by atoms with van der Waals surface area (Å²) >= 11 is 0. The van der Waals surface area contributed by atoms with Crippen molar-refractivity contribution in [2.45, 2.75) is 39.2 Å². The highest BCUT2D eigenvalue weighted by molar-refractivity contribution is 5.76. The fraction of sp³-hybridized carbons (Fsp3) is 0.500. The number of rotatable bonds is 7. The van der Waals surface area contributed by atoms with Gasteiger partial charge < -0.3 is 9.84 Å². The van der Waals surface area contributed by atoms with Gasteiger partial charge in [-0.2, -0.15) is 8.78 Å². The second kappa shape index (κ2) is 7.07. The van der Waals surface area contributed by atoms with Crippen molar-refractivity contribution in [1.29, 1.82) is 0 Å². The first-order valence-corrected chi connectivity index (χ1v) is 6.27. The number of benzene rings is 1. The van der Waals surface area contributed by atoms with E-state index in [-0.39, 0.29) is 11.7 Å². The largest absolute Gasteiger partial charge is 0.481 e. The van der Waals surface area contributed by atoms with Crippen LogP contribution in [0.1, 0.15) is 38.2 Å². The molecule has 0 spiro atoms. The molecule has 0 saturated carbocycles. The molecule has 0 saturated heterocycles. The van der Waals surface area contributed by atoms with Gasteiger partial charge in [-0.05, 0) is 23.6 Å². The average molecular weight is 272 g/mol. The summed E-state index contributed by atoms with van der Waals surface area (Å²) in [6.07, 6.45) is 1.51. The van der Waals surface area contributed by atoms with E-state index in [2.05, 4.69) is 4.74 Å². The van der Waals surface area contributed by atoms with E-state index in [1.807, 2.05) is 13.8 Å². The lowest BCUT2D eigenvalue weighted by molar-refractivity contribution is -0.140. The Balaban J connectivity index is 2.94. The van der Waals surface area contributed by atoms with Crippen molar-refractivity contribution in [3.8, 4) is 5.75 Å². The van der Waals surface area contributed by atoms with Gasteiger partial charge in [0.2, 0.25) is 0 Å². The van der Waals surface area contributed by atoms with Gasteiger partial charge in [-0.1, -0.05) is 38.8 Å². The molecule has 19 heavy (non-hydrogen) atoms. The molecule has 0 aliphatic heterocycles. The Hall–Kier alpha value is -1.65. The molecule has 0 radical (unpaired) electrons. The molecule has 1 aromatic rings. The number of halogens is 2. The number of hydrogen-bond donors (Lipinski definition) is 1. The zero-order valence-electron chi connectivity index (χ0n) is 11.0. The lowest BCUT2D eigenvalue weighted by Gasteiger charge is -2.22. The monoisotopic (exact) mass is 272 g/mol. The SMILES string of the molecule is CCC(CC)C(C(=O)O)c1ccc(OC(F)F)cc1. The highest BCUT2D eigenvalue weighted by atomic mass is 19.3. The molecular formula is C14H18F2O3. The number of aliphatic carboxylic acids is 1. The first kappa shape index (κ1) is 15.4. The minimum absolute atomic E-state index is 0.0272. The van der Waals surface area contributed by atoms with Crippen molar-refractivity contribution in [2.24, 2.45) is 5.92 Å². The van der Waals surface area contributed by atoms with Crippen molar-refractivity contribution >= 4 is 5.97 Å². The van der Waals surface area contributed by atoms with Gasteiger partial charge >= 0.3 is 12.6 Å². The Morgan fingerprint density at radius 3 is 2.11 bits per heavy atom. The molecule has 5 heteroatoms. The van der Waals surface area contributed by atoms with Crippen LogP contribution in [0, 0.1) is 5.92 Å². The number of alkyl halides is 2. The number of carboxylic acid groups (broad SMARTS) is 1. The second-order valence-corrected chi connectivity index (χ2v) is 4.34. The van der Waals surface area contributed by atoms with E-state index in [0.29, 0.717) is 5.56 Å². The fourth-order valence-corrected chi connectivity index (χ4v) is 2.23. The van der Waals surface area contributed by atoms with Gasteiger partial charge in [0.1, 0.15) is 5.75 Å². The van der Waals surface area contributed by atoms with Crippen molar-refractivity contribution in [2.75, 3.05) is 0 Å². The molecule has 1 aromatic carbocycles. The van der Waals surface area contributed by atoms with Crippen LogP contribution < -0.4 is 4.74 Å². The third-order valence-electron chi connectivity index (χ3n) is 3.25. The molecule has 0 heterocycles. The van der Waals surface area contributed by atoms with Crippen molar-refractivity contribution in [1.82, 2.24) is 0 Å². The maximum atomic E-state index is 12.0. The molecule has 0 fully saturated rings. The van der Waals surface area contributed by atoms with E-state index >= 15 is 0 Å². The molecule has 1 unspecified atom stereocenters. The summed E-state index contributed by atoms with van der Waals surface area (Å²) in [7, 11) is 0. The van der Waals surface area contributed by atoms with Crippen LogP contribution in [0.4, 0.5) is 8.78 Å². The predicted molar refractivity (Wildman–Crippen MR) is 67.5 cm³/mol. The van der Waals surface area contributed by atoms with Crippen LogP contribution in [-0.2, 0) is 4.79 Å². The number of ether oxygens (including phenoxy) is 1. The normalized spacial score (nSPS) is 12.7. The van der Waals surface area contributed by atoms with Gasteiger partial charge in [-0.15, -0.1) is 0 Å². The lowest BCUT2D eigenvalue weighted by atomic mass is 9.83. The maximum absolute atomic E-state index is 12.0. The molecule has 3 nitrogen and oxygen atoms in total. The Labute approximate surface area is 111 Å². The van der Waals surface area contributed by atoms with E-state index < -0.39 is 18.5 Å². The third-order valence-corrected chi connectivity index (χ3v) is 3.25. The van der Waals surface area contributed by atoms with E-state index in [1.54, 1.807) is 0 Å². The Kier molecular flexibility index (Phi) is 5.73. The Morgan fingerprint density at radius 1 is 1.21 bits per heavy atom. The summed E-state index contributed by atoms with van der Waals surface area (Å²) in [6, 6.07) is 5.82. The topological polar surface area (TPSA) is 46.5 Å². The summed E-state index contributed by atoms with van der Waals surface area (Å²) in [5.74, 6) is -1.45. The molecule has 106 valence electrons. The molecule has 1 rings (SSSR count). The van der Waals surface area contributed by atoms with Crippen LogP contribution in [0.15, 0.2) is 24.3 Å². The van der Waals surface area contributed by atoms with Gasteiger partial charge in [0.25, 0.3) is 0 Å². The Morgan fingerprint density at radius 2 is 1.74 bits per heavy atom. The molecule has 0 aliphatic carbocycles. The quantitative estimate of drug-likeness (QED) is 0.819.